The summed E-state index contributed by atoms with van der Waals surface area (Å²) >= 11 is 0. The van der Waals surface area contributed by atoms with Crippen molar-refractivity contribution in [3.8, 4) is 5.75 Å². The molecule has 0 aliphatic heterocycles. The Balaban J connectivity index is 2.46. The van der Waals surface area contributed by atoms with Crippen molar-refractivity contribution in [2.45, 2.75) is 6.54 Å². The molecule has 4 nitrogen and oxygen atoms in total. The average molecular weight is 208 g/mol. The molecule has 0 aromatic heterocycles. The molecular weight excluding hydrogens is 192 g/mol. The van der Waals surface area contributed by atoms with Crippen molar-refractivity contribution in [2.24, 2.45) is 0 Å². The summed E-state index contributed by atoms with van der Waals surface area (Å²) in [5.74, 6) is 0.788. The lowest BCUT2D eigenvalue weighted by molar-refractivity contribution is -0.120. The minimum atomic E-state index is -0.0136. The quantitative estimate of drug-likeness (QED) is 0.742. The van der Waals surface area contributed by atoms with Gasteiger partial charge in [0.15, 0.2) is 0 Å². The predicted molar refractivity (Wildman–Crippen MR) is 58.8 cm³/mol. The van der Waals surface area contributed by atoms with Gasteiger partial charge in [0.05, 0.1) is 13.7 Å². The lowest BCUT2D eigenvalue weighted by Crippen LogP contribution is -2.31. The molecule has 0 aliphatic carbocycles. The number of benzene rings is 1. The smallest absolute Gasteiger partial charge is 0.234 e. The molecule has 0 heterocycles. The van der Waals surface area contributed by atoms with Crippen LogP contribution in [0.2, 0.25) is 0 Å². The molecule has 0 atom stereocenters. The molecule has 0 unspecified atom stereocenters. The number of nitrogens with one attached hydrogen (secondary N) is 2. The minimum Gasteiger partial charge on any atom is -0.497 e. The first-order chi connectivity index (χ1) is 7.26. The van der Waals surface area contributed by atoms with E-state index in [1.54, 1.807) is 14.2 Å². The molecule has 0 saturated carbocycles. The number of likely N-dealkylation sites (N-methyl/N-ethyl adjacent to an activating group) is 1. The van der Waals surface area contributed by atoms with Gasteiger partial charge in [0.1, 0.15) is 5.75 Å². The van der Waals surface area contributed by atoms with Crippen LogP contribution >= 0.6 is 0 Å². The Morgan fingerprint density at radius 1 is 1.47 bits per heavy atom. The fourth-order valence-corrected chi connectivity index (χ4v) is 1.21. The standard InChI is InChI=1S/C11H16N2O2/c1-12-8-11(14)13-7-9-4-3-5-10(6-9)15-2/h3-6,12H,7-8H2,1-2H3,(H,13,14). The molecule has 2 N–H and O–H groups in total. The van der Waals surface area contributed by atoms with E-state index in [4.69, 9.17) is 4.74 Å². The van der Waals surface area contributed by atoms with Gasteiger partial charge in [-0.15, -0.1) is 0 Å². The minimum absolute atomic E-state index is 0.0136. The van der Waals surface area contributed by atoms with E-state index < -0.39 is 0 Å². The number of hydrogen-bond acceptors (Lipinski definition) is 3. The molecule has 82 valence electrons. The van der Waals surface area contributed by atoms with E-state index in [1.807, 2.05) is 24.3 Å². The predicted octanol–water partition coefficient (Wildman–Crippen LogP) is 0.531. The van der Waals surface area contributed by atoms with Crippen LogP contribution in [0.25, 0.3) is 0 Å². The van der Waals surface area contributed by atoms with Gasteiger partial charge >= 0.3 is 0 Å². The zero-order valence-electron chi connectivity index (χ0n) is 9.04. The van der Waals surface area contributed by atoms with Crippen LogP contribution in [0.5, 0.6) is 5.75 Å². The SMILES string of the molecule is CNCC(=O)NCc1cccc(OC)c1. The van der Waals surface area contributed by atoms with Crippen molar-refractivity contribution < 1.29 is 9.53 Å². The zero-order valence-corrected chi connectivity index (χ0v) is 9.04. The van der Waals surface area contributed by atoms with Gasteiger partial charge in [-0.3, -0.25) is 4.79 Å². The molecule has 0 saturated heterocycles. The first kappa shape index (κ1) is 11.5. The van der Waals surface area contributed by atoms with E-state index in [0.717, 1.165) is 11.3 Å². The van der Waals surface area contributed by atoms with Crippen molar-refractivity contribution in [1.29, 1.82) is 0 Å². The van der Waals surface area contributed by atoms with Gasteiger partial charge in [0.2, 0.25) is 5.91 Å². The Morgan fingerprint density at radius 2 is 2.27 bits per heavy atom. The second-order valence-electron chi connectivity index (χ2n) is 3.16. The zero-order chi connectivity index (χ0) is 11.1. The maximum atomic E-state index is 11.2. The molecule has 15 heavy (non-hydrogen) atoms. The van der Waals surface area contributed by atoms with E-state index in [2.05, 4.69) is 10.6 Å². The second kappa shape index (κ2) is 6.03. The van der Waals surface area contributed by atoms with Gasteiger partial charge in [0.25, 0.3) is 0 Å². The highest BCUT2D eigenvalue weighted by molar-refractivity contribution is 5.77. The average Bonchev–Trinajstić information content (AvgIpc) is 2.27. The van der Waals surface area contributed by atoms with Gasteiger partial charge < -0.3 is 15.4 Å². The molecule has 0 bridgehead atoms. The summed E-state index contributed by atoms with van der Waals surface area (Å²) in [4.78, 5) is 11.2. The molecule has 1 amide bonds. The number of methoxy groups -OCH3 is 1. The number of carbonyl (C=O) groups excluding carboxylic acids is 1. The third-order valence-corrected chi connectivity index (χ3v) is 1.96. The molecule has 1 aromatic carbocycles. The highest BCUT2D eigenvalue weighted by atomic mass is 16.5. The lowest BCUT2D eigenvalue weighted by atomic mass is 10.2. The van der Waals surface area contributed by atoms with Gasteiger partial charge in [-0.25, -0.2) is 0 Å². The summed E-state index contributed by atoms with van der Waals surface area (Å²) in [5, 5.41) is 5.58. The molecule has 0 spiro atoms. The van der Waals surface area contributed by atoms with Crippen LogP contribution < -0.4 is 15.4 Å². The maximum absolute atomic E-state index is 11.2. The topological polar surface area (TPSA) is 50.4 Å². The Bertz CT molecular complexity index is 326. The summed E-state index contributed by atoms with van der Waals surface area (Å²) in [5.41, 5.74) is 1.03. The van der Waals surface area contributed by atoms with E-state index in [1.165, 1.54) is 0 Å². The van der Waals surface area contributed by atoms with Gasteiger partial charge in [-0.05, 0) is 24.7 Å². The Labute approximate surface area is 89.6 Å². The number of amides is 1. The highest BCUT2D eigenvalue weighted by Crippen LogP contribution is 2.11. The highest BCUT2D eigenvalue weighted by Gasteiger charge is 1.99. The number of rotatable bonds is 5. The normalized spacial score (nSPS) is 9.73. The maximum Gasteiger partial charge on any atom is 0.234 e. The Morgan fingerprint density at radius 3 is 2.93 bits per heavy atom. The van der Waals surface area contributed by atoms with Gasteiger partial charge in [-0.2, -0.15) is 0 Å². The van der Waals surface area contributed by atoms with Crippen molar-refractivity contribution in [1.82, 2.24) is 10.6 Å². The summed E-state index contributed by atoms with van der Waals surface area (Å²) in [7, 11) is 3.36. The van der Waals surface area contributed by atoms with Crippen molar-refractivity contribution in [3.63, 3.8) is 0 Å². The molecule has 0 fully saturated rings. The first-order valence-corrected chi connectivity index (χ1v) is 4.80. The molecule has 1 aromatic rings. The number of ether oxygens (including phenoxy) is 1. The van der Waals surface area contributed by atoms with Gasteiger partial charge in [-0.1, -0.05) is 12.1 Å². The van der Waals surface area contributed by atoms with Gasteiger partial charge in [0, 0.05) is 6.54 Å². The summed E-state index contributed by atoms with van der Waals surface area (Å²) < 4.78 is 5.08. The monoisotopic (exact) mass is 208 g/mol. The molecule has 4 heteroatoms. The van der Waals surface area contributed by atoms with E-state index in [-0.39, 0.29) is 5.91 Å². The van der Waals surface area contributed by atoms with E-state index in [9.17, 15) is 4.79 Å². The molecule has 0 radical (unpaired) electrons. The van der Waals surface area contributed by atoms with Crippen molar-refractivity contribution in [2.75, 3.05) is 20.7 Å². The van der Waals surface area contributed by atoms with Crippen LogP contribution in [0.3, 0.4) is 0 Å². The Kier molecular flexibility index (Phi) is 4.63. The summed E-state index contributed by atoms with van der Waals surface area (Å²) in [6.45, 7) is 0.863. The molecule has 0 aliphatic rings. The Hall–Kier alpha value is -1.55. The van der Waals surface area contributed by atoms with Crippen LogP contribution in [0.4, 0.5) is 0 Å². The van der Waals surface area contributed by atoms with Crippen LogP contribution in [0.1, 0.15) is 5.56 Å². The number of carbonyl (C=O) groups is 1. The van der Waals surface area contributed by atoms with Crippen molar-refractivity contribution in [3.05, 3.63) is 29.8 Å². The van der Waals surface area contributed by atoms with Crippen LogP contribution in [-0.4, -0.2) is 26.6 Å². The fourth-order valence-electron chi connectivity index (χ4n) is 1.21. The van der Waals surface area contributed by atoms with Crippen LogP contribution in [0.15, 0.2) is 24.3 Å². The van der Waals surface area contributed by atoms with Crippen LogP contribution in [0, 0.1) is 0 Å². The van der Waals surface area contributed by atoms with E-state index in [0.29, 0.717) is 13.1 Å². The third-order valence-electron chi connectivity index (χ3n) is 1.96. The fraction of sp³-hybridized carbons (Fsp3) is 0.364. The second-order valence-corrected chi connectivity index (χ2v) is 3.16. The summed E-state index contributed by atoms with van der Waals surface area (Å²) in [6, 6.07) is 7.62. The first-order valence-electron chi connectivity index (χ1n) is 4.80. The molecule has 1 rings (SSSR count). The number of hydrogen-bond donors (Lipinski definition) is 2. The van der Waals surface area contributed by atoms with E-state index >= 15 is 0 Å². The van der Waals surface area contributed by atoms with Crippen molar-refractivity contribution >= 4 is 5.91 Å². The lowest BCUT2D eigenvalue weighted by Gasteiger charge is -2.06. The van der Waals surface area contributed by atoms with Crippen LogP contribution in [-0.2, 0) is 11.3 Å². The third kappa shape index (κ3) is 3.99. The largest absolute Gasteiger partial charge is 0.497 e. The summed E-state index contributed by atoms with van der Waals surface area (Å²) in [6.07, 6.45) is 0. The molecular formula is C11H16N2O2.